The van der Waals surface area contributed by atoms with Crippen molar-refractivity contribution < 1.29 is 14.3 Å². The highest BCUT2D eigenvalue weighted by molar-refractivity contribution is 5.85. The molecule has 3 N–H and O–H groups in total. The topological polar surface area (TPSA) is 73.6 Å². The zero-order chi connectivity index (χ0) is 14.4. The van der Waals surface area contributed by atoms with Crippen molar-refractivity contribution in [2.45, 2.75) is 18.3 Å². The second kappa shape index (κ2) is 8.22. The Hall–Kier alpha value is -1.30. The molecule has 0 aliphatic carbocycles. The van der Waals surface area contributed by atoms with E-state index in [1.165, 1.54) is 5.56 Å². The van der Waals surface area contributed by atoms with Crippen LogP contribution in [0.1, 0.15) is 18.4 Å². The number of benzene rings is 1. The smallest absolute Gasteiger partial charge is 0.233 e. The van der Waals surface area contributed by atoms with Crippen LogP contribution >= 0.6 is 12.4 Å². The summed E-state index contributed by atoms with van der Waals surface area (Å²) in [6.45, 7) is 2.04. The second-order valence-corrected chi connectivity index (χ2v) is 5.10. The van der Waals surface area contributed by atoms with Crippen LogP contribution in [-0.2, 0) is 14.9 Å². The van der Waals surface area contributed by atoms with Gasteiger partial charge in [-0.25, -0.2) is 0 Å². The minimum Gasteiger partial charge on any atom is -0.497 e. The van der Waals surface area contributed by atoms with E-state index in [0.717, 1.165) is 18.6 Å². The van der Waals surface area contributed by atoms with Crippen molar-refractivity contribution >= 4 is 18.3 Å². The normalized spacial score (nSPS) is 16.7. The van der Waals surface area contributed by atoms with Gasteiger partial charge in [-0.05, 0) is 30.5 Å². The molecule has 1 aromatic rings. The number of carbonyl (C=O) groups is 1. The summed E-state index contributed by atoms with van der Waals surface area (Å²) in [5.41, 5.74) is 6.49. The average molecular weight is 315 g/mol. The van der Waals surface area contributed by atoms with E-state index in [9.17, 15) is 4.79 Å². The van der Waals surface area contributed by atoms with E-state index in [2.05, 4.69) is 17.4 Å². The lowest BCUT2D eigenvalue weighted by atomic mass is 9.74. The van der Waals surface area contributed by atoms with Gasteiger partial charge in [0.05, 0.1) is 13.7 Å². The molecular formula is C15H23ClN2O3. The van der Waals surface area contributed by atoms with Gasteiger partial charge in [0.1, 0.15) is 5.75 Å². The van der Waals surface area contributed by atoms with Crippen molar-refractivity contribution in [1.82, 2.24) is 5.32 Å². The SMILES string of the molecule is COc1ccc(C2(CNC(=O)CN)CCOCC2)cc1.Cl. The predicted molar refractivity (Wildman–Crippen MR) is 84.0 cm³/mol. The highest BCUT2D eigenvalue weighted by Gasteiger charge is 2.34. The monoisotopic (exact) mass is 314 g/mol. The molecule has 0 unspecified atom stereocenters. The van der Waals surface area contributed by atoms with Crippen molar-refractivity contribution in [3.63, 3.8) is 0 Å². The molecule has 0 saturated carbocycles. The Labute approximate surface area is 131 Å². The summed E-state index contributed by atoms with van der Waals surface area (Å²) < 4.78 is 10.7. The lowest BCUT2D eigenvalue weighted by molar-refractivity contribution is -0.120. The molecule has 1 amide bonds. The lowest BCUT2D eigenvalue weighted by Gasteiger charge is -2.38. The maximum absolute atomic E-state index is 11.4. The molecule has 1 saturated heterocycles. The molecule has 118 valence electrons. The summed E-state index contributed by atoms with van der Waals surface area (Å²) >= 11 is 0. The van der Waals surface area contributed by atoms with E-state index in [4.69, 9.17) is 15.2 Å². The largest absolute Gasteiger partial charge is 0.497 e. The molecular weight excluding hydrogens is 292 g/mol. The van der Waals surface area contributed by atoms with Gasteiger partial charge in [0.2, 0.25) is 5.91 Å². The van der Waals surface area contributed by atoms with E-state index >= 15 is 0 Å². The molecule has 5 nitrogen and oxygen atoms in total. The van der Waals surface area contributed by atoms with Crippen molar-refractivity contribution in [2.24, 2.45) is 5.73 Å². The van der Waals surface area contributed by atoms with Gasteiger partial charge in [0.25, 0.3) is 0 Å². The Morgan fingerprint density at radius 1 is 1.33 bits per heavy atom. The Bertz CT molecular complexity index is 445. The number of hydrogen-bond donors (Lipinski definition) is 2. The molecule has 6 heteroatoms. The standard InChI is InChI=1S/C15H22N2O3.ClH/c1-19-13-4-2-12(3-5-13)15(6-8-20-9-7-15)11-17-14(18)10-16;/h2-5H,6-11,16H2,1H3,(H,17,18);1H. The van der Waals surface area contributed by atoms with Crippen LogP contribution < -0.4 is 15.8 Å². The zero-order valence-electron chi connectivity index (χ0n) is 12.3. The van der Waals surface area contributed by atoms with E-state index in [1.54, 1.807) is 7.11 Å². The fraction of sp³-hybridized carbons (Fsp3) is 0.533. The third-order valence-electron chi connectivity index (χ3n) is 3.96. The van der Waals surface area contributed by atoms with Gasteiger partial charge in [-0.2, -0.15) is 0 Å². The maximum Gasteiger partial charge on any atom is 0.233 e. The van der Waals surface area contributed by atoms with Gasteiger partial charge in [-0.3, -0.25) is 4.79 Å². The van der Waals surface area contributed by atoms with E-state index in [0.29, 0.717) is 19.8 Å². The Balaban J connectivity index is 0.00000220. The maximum atomic E-state index is 11.4. The van der Waals surface area contributed by atoms with Crippen LogP contribution in [0.3, 0.4) is 0 Å². The highest BCUT2D eigenvalue weighted by Crippen LogP contribution is 2.35. The Morgan fingerprint density at radius 2 is 1.95 bits per heavy atom. The first kappa shape index (κ1) is 17.8. The lowest BCUT2D eigenvalue weighted by Crippen LogP contribution is -2.45. The summed E-state index contributed by atoms with van der Waals surface area (Å²) in [6, 6.07) is 8.05. The van der Waals surface area contributed by atoms with Crippen molar-refractivity contribution in [1.29, 1.82) is 0 Å². The number of nitrogens with one attached hydrogen (secondary N) is 1. The Kier molecular flexibility index (Phi) is 6.95. The summed E-state index contributed by atoms with van der Waals surface area (Å²) in [6.07, 6.45) is 1.79. The number of ether oxygens (including phenoxy) is 2. The van der Waals surface area contributed by atoms with Gasteiger partial charge in [0, 0.05) is 25.2 Å². The number of nitrogens with two attached hydrogens (primary N) is 1. The van der Waals surface area contributed by atoms with Crippen molar-refractivity contribution in [3.8, 4) is 5.75 Å². The van der Waals surface area contributed by atoms with Crippen molar-refractivity contribution in [2.75, 3.05) is 33.4 Å². The van der Waals surface area contributed by atoms with Crippen LogP contribution in [0.15, 0.2) is 24.3 Å². The quantitative estimate of drug-likeness (QED) is 0.857. The van der Waals surface area contributed by atoms with Crippen LogP contribution in [0.4, 0.5) is 0 Å². The number of carbonyl (C=O) groups excluding carboxylic acids is 1. The van der Waals surface area contributed by atoms with Crippen LogP contribution in [-0.4, -0.2) is 39.3 Å². The third-order valence-corrected chi connectivity index (χ3v) is 3.96. The molecule has 1 aliphatic heterocycles. The van der Waals surface area contributed by atoms with E-state index in [1.807, 2.05) is 12.1 Å². The number of amides is 1. The molecule has 1 aliphatic rings. The van der Waals surface area contributed by atoms with E-state index in [-0.39, 0.29) is 30.3 Å². The molecule has 0 atom stereocenters. The molecule has 1 heterocycles. The van der Waals surface area contributed by atoms with Crippen molar-refractivity contribution in [3.05, 3.63) is 29.8 Å². The van der Waals surface area contributed by atoms with Crippen LogP contribution in [0.5, 0.6) is 5.75 Å². The van der Waals surface area contributed by atoms with Gasteiger partial charge < -0.3 is 20.5 Å². The van der Waals surface area contributed by atoms with Gasteiger partial charge >= 0.3 is 0 Å². The van der Waals surface area contributed by atoms with Gasteiger partial charge in [-0.15, -0.1) is 12.4 Å². The summed E-state index contributed by atoms with van der Waals surface area (Å²) in [5.74, 6) is 0.714. The molecule has 2 rings (SSSR count). The molecule has 1 aromatic carbocycles. The first-order valence-electron chi connectivity index (χ1n) is 6.89. The molecule has 0 bridgehead atoms. The molecule has 1 fully saturated rings. The number of halogens is 1. The number of rotatable bonds is 5. The fourth-order valence-electron chi connectivity index (χ4n) is 2.61. The minimum atomic E-state index is -0.121. The highest BCUT2D eigenvalue weighted by atomic mass is 35.5. The Morgan fingerprint density at radius 3 is 2.48 bits per heavy atom. The first-order chi connectivity index (χ1) is 9.70. The summed E-state index contributed by atoms with van der Waals surface area (Å²) in [7, 11) is 1.65. The van der Waals surface area contributed by atoms with Crippen LogP contribution in [0.2, 0.25) is 0 Å². The average Bonchev–Trinajstić information content (AvgIpc) is 2.53. The van der Waals surface area contributed by atoms with Gasteiger partial charge in [0.15, 0.2) is 0 Å². The zero-order valence-corrected chi connectivity index (χ0v) is 13.1. The third kappa shape index (κ3) is 4.33. The second-order valence-electron chi connectivity index (χ2n) is 5.10. The minimum absolute atomic E-state index is 0. The van der Waals surface area contributed by atoms with E-state index < -0.39 is 0 Å². The summed E-state index contributed by atoms with van der Waals surface area (Å²) in [4.78, 5) is 11.4. The fourth-order valence-corrected chi connectivity index (χ4v) is 2.61. The molecule has 0 radical (unpaired) electrons. The predicted octanol–water partition coefficient (Wildman–Crippen LogP) is 1.24. The van der Waals surface area contributed by atoms with Crippen LogP contribution in [0, 0.1) is 0 Å². The summed E-state index contributed by atoms with van der Waals surface area (Å²) in [5, 5.41) is 2.92. The number of hydrogen-bond acceptors (Lipinski definition) is 4. The molecule has 0 aromatic heterocycles. The van der Waals surface area contributed by atoms with Crippen LogP contribution in [0.25, 0.3) is 0 Å². The molecule has 21 heavy (non-hydrogen) atoms. The first-order valence-corrected chi connectivity index (χ1v) is 6.89. The number of methoxy groups -OCH3 is 1. The van der Waals surface area contributed by atoms with Gasteiger partial charge in [-0.1, -0.05) is 12.1 Å². The molecule has 0 spiro atoms.